The maximum Gasteiger partial charge on any atom is 0.573 e. The molecule has 0 radical (unpaired) electrons. The molecule has 1 aliphatic carbocycles. The Morgan fingerprint density at radius 1 is 0.939 bits per heavy atom. The highest BCUT2D eigenvalue weighted by atomic mass is 32.2. The molecule has 4 rings (SSSR count). The van der Waals surface area contributed by atoms with Gasteiger partial charge in [0.15, 0.2) is 14.6 Å². The molecule has 1 aliphatic heterocycles. The summed E-state index contributed by atoms with van der Waals surface area (Å²) in [5, 5.41) is 9.87. The van der Waals surface area contributed by atoms with Gasteiger partial charge in [0.05, 0.1) is 4.90 Å². The number of carbonyl (C=O) groups is 1. The Morgan fingerprint density at radius 2 is 1.42 bits per heavy atom. The summed E-state index contributed by atoms with van der Waals surface area (Å²) in [5.74, 6) is -1.29. The van der Waals surface area contributed by atoms with Crippen molar-refractivity contribution in [1.82, 2.24) is 4.90 Å². The zero-order valence-electron chi connectivity index (χ0n) is 17.4. The van der Waals surface area contributed by atoms with Gasteiger partial charge in [0.2, 0.25) is 0 Å². The van der Waals surface area contributed by atoms with Gasteiger partial charge in [-0.3, -0.25) is 4.79 Å². The lowest BCUT2D eigenvalue weighted by Crippen LogP contribution is -2.54. The molecular formula is C22H22F3NO6S. The maximum absolute atomic E-state index is 13.3. The van der Waals surface area contributed by atoms with Crippen LogP contribution in [0.5, 0.6) is 17.2 Å². The number of piperidine rings is 1. The van der Waals surface area contributed by atoms with E-state index >= 15 is 0 Å². The van der Waals surface area contributed by atoms with Gasteiger partial charge in [-0.05, 0) is 74.2 Å². The van der Waals surface area contributed by atoms with Crippen molar-refractivity contribution in [3.63, 3.8) is 0 Å². The normalized spacial score (nSPS) is 19.1. The largest absolute Gasteiger partial charge is 0.573 e. The first-order valence-electron chi connectivity index (χ1n) is 10.4. The standard InChI is InChI=1S/C22H22F3NO6S/c23-22(24,25)32-18-5-3-16(4-6-18)31-17-7-9-19(10-8-17)33(29,30)21(20(27)28)11-13-26(14-12-21)15-1-2-15/h3-10,15H,1-2,11-14H2,(H,27,28). The average Bonchev–Trinajstić information content (AvgIpc) is 3.60. The topological polar surface area (TPSA) is 93.1 Å². The lowest BCUT2D eigenvalue weighted by atomic mass is 9.95. The Kier molecular flexibility index (Phi) is 6.04. The Hall–Kier alpha value is -2.79. The molecule has 2 aromatic carbocycles. The highest BCUT2D eigenvalue weighted by Crippen LogP contribution is 2.39. The van der Waals surface area contributed by atoms with E-state index in [1.807, 2.05) is 0 Å². The third-order valence-electron chi connectivity index (χ3n) is 6.00. The maximum atomic E-state index is 13.3. The molecular weight excluding hydrogens is 463 g/mol. The monoisotopic (exact) mass is 485 g/mol. The number of carboxylic acids is 1. The van der Waals surface area contributed by atoms with Crippen LogP contribution in [0.25, 0.3) is 0 Å². The zero-order chi connectivity index (χ0) is 23.9. The number of likely N-dealkylation sites (tertiary alicyclic amines) is 1. The van der Waals surface area contributed by atoms with Crippen molar-refractivity contribution in [3.05, 3.63) is 48.5 Å². The lowest BCUT2D eigenvalue weighted by molar-refractivity contribution is -0.274. The molecule has 2 aromatic rings. The van der Waals surface area contributed by atoms with Crippen molar-refractivity contribution in [3.8, 4) is 17.2 Å². The van der Waals surface area contributed by atoms with Crippen LogP contribution in [0.3, 0.4) is 0 Å². The van der Waals surface area contributed by atoms with E-state index in [-0.39, 0.29) is 29.2 Å². The molecule has 1 saturated carbocycles. The van der Waals surface area contributed by atoms with Crippen LogP contribution in [-0.4, -0.2) is 54.6 Å². The molecule has 2 fully saturated rings. The molecule has 0 amide bonds. The van der Waals surface area contributed by atoms with Crippen LogP contribution in [0.15, 0.2) is 53.4 Å². The van der Waals surface area contributed by atoms with E-state index in [4.69, 9.17) is 4.74 Å². The van der Waals surface area contributed by atoms with Crippen LogP contribution in [-0.2, 0) is 14.6 Å². The van der Waals surface area contributed by atoms with Crippen LogP contribution in [0, 0.1) is 0 Å². The van der Waals surface area contributed by atoms with Gasteiger partial charge in [-0.15, -0.1) is 13.2 Å². The smallest absolute Gasteiger partial charge is 0.480 e. The number of benzene rings is 2. The Labute approximate surface area is 188 Å². The number of hydrogen-bond acceptors (Lipinski definition) is 6. The molecule has 0 unspecified atom stereocenters. The highest BCUT2D eigenvalue weighted by molar-refractivity contribution is 7.93. The number of carboxylic acid groups (broad SMARTS) is 1. The molecule has 0 aromatic heterocycles. The first-order chi connectivity index (χ1) is 15.5. The summed E-state index contributed by atoms with van der Waals surface area (Å²) in [6.45, 7) is 0.844. The van der Waals surface area contributed by atoms with E-state index in [1.165, 1.54) is 36.4 Å². The van der Waals surface area contributed by atoms with Gasteiger partial charge in [-0.1, -0.05) is 0 Å². The summed E-state index contributed by atoms with van der Waals surface area (Å²) in [6, 6.07) is 10.5. The number of rotatable bonds is 7. The van der Waals surface area contributed by atoms with Gasteiger partial charge >= 0.3 is 12.3 Å². The number of hydrogen-bond donors (Lipinski definition) is 1. The number of ether oxygens (including phenoxy) is 2. The molecule has 7 nitrogen and oxygen atoms in total. The fourth-order valence-corrected chi connectivity index (χ4v) is 5.94. The molecule has 2 aliphatic rings. The van der Waals surface area contributed by atoms with Gasteiger partial charge < -0.3 is 19.5 Å². The fourth-order valence-electron chi connectivity index (χ4n) is 4.05. The second-order valence-electron chi connectivity index (χ2n) is 8.16. The molecule has 0 atom stereocenters. The minimum Gasteiger partial charge on any atom is -0.480 e. The molecule has 11 heteroatoms. The van der Waals surface area contributed by atoms with Gasteiger partial charge in [0.25, 0.3) is 0 Å². The van der Waals surface area contributed by atoms with E-state index in [1.54, 1.807) is 0 Å². The Bertz CT molecular complexity index is 1100. The van der Waals surface area contributed by atoms with Gasteiger partial charge in [0, 0.05) is 19.1 Å². The van der Waals surface area contributed by atoms with Crippen molar-refractivity contribution in [2.24, 2.45) is 0 Å². The third-order valence-corrected chi connectivity index (χ3v) is 8.50. The number of sulfone groups is 1. The van der Waals surface area contributed by atoms with Gasteiger partial charge in [-0.2, -0.15) is 0 Å². The number of aliphatic carboxylic acids is 1. The first kappa shape index (κ1) is 23.4. The summed E-state index contributed by atoms with van der Waals surface area (Å²) < 4.78 is 70.8. The molecule has 0 bridgehead atoms. The van der Waals surface area contributed by atoms with Gasteiger partial charge in [0.1, 0.15) is 17.2 Å². The summed E-state index contributed by atoms with van der Waals surface area (Å²) >= 11 is 0. The van der Waals surface area contributed by atoms with E-state index in [9.17, 15) is 31.5 Å². The molecule has 0 spiro atoms. The predicted octanol–water partition coefficient (Wildman–Crippen LogP) is 4.23. The Morgan fingerprint density at radius 3 is 1.88 bits per heavy atom. The second-order valence-corrected chi connectivity index (χ2v) is 10.4. The van der Waals surface area contributed by atoms with E-state index in [0.717, 1.165) is 25.0 Å². The highest BCUT2D eigenvalue weighted by Gasteiger charge is 2.54. The fraction of sp³-hybridized carbons (Fsp3) is 0.409. The zero-order valence-corrected chi connectivity index (χ0v) is 18.2. The van der Waals surface area contributed by atoms with E-state index in [2.05, 4.69) is 9.64 Å². The number of alkyl halides is 3. The summed E-state index contributed by atoms with van der Waals surface area (Å²) in [4.78, 5) is 14.1. The molecule has 1 N–H and O–H groups in total. The van der Waals surface area contributed by atoms with Crippen molar-refractivity contribution >= 4 is 15.8 Å². The lowest BCUT2D eigenvalue weighted by Gasteiger charge is -2.38. The quantitative estimate of drug-likeness (QED) is 0.627. The third kappa shape index (κ3) is 4.93. The SMILES string of the molecule is O=C(O)C1(S(=O)(=O)c2ccc(Oc3ccc(OC(F)(F)F)cc3)cc2)CCN(C2CC2)CC1. The first-order valence-corrected chi connectivity index (χ1v) is 11.8. The van der Waals surface area contributed by atoms with E-state index < -0.39 is 32.7 Å². The van der Waals surface area contributed by atoms with Crippen molar-refractivity contribution in [1.29, 1.82) is 0 Å². The minimum absolute atomic E-state index is 0.0196. The van der Waals surface area contributed by atoms with Crippen LogP contribution in [0.1, 0.15) is 25.7 Å². The predicted molar refractivity (Wildman–Crippen MR) is 111 cm³/mol. The van der Waals surface area contributed by atoms with Crippen LogP contribution >= 0.6 is 0 Å². The minimum atomic E-state index is -4.80. The number of halogens is 3. The number of nitrogens with zero attached hydrogens (tertiary/aromatic N) is 1. The molecule has 178 valence electrons. The summed E-state index contributed by atoms with van der Waals surface area (Å²) in [7, 11) is -4.17. The van der Waals surface area contributed by atoms with Crippen LogP contribution < -0.4 is 9.47 Å². The second kappa shape index (κ2) is 8.53. The van der Waals surface area contributed by atoms with Crippen LogP contribution in [0.4, 0.5) is 13.2 Å². The van der Waals surface area contributed by atoms with Crippen molar-refractivity contribution < 1.29 is 41.0 Å². The van der Waals surface area contributed by atoms with E-state index in [0.29, 0.717) is 19.1 Å². The average molecular weight is 485 g/mol. The van der Waals surface area contributed by atoms with Gasteiger partial charge in [-0.25, -0.2) is 8.42 Å². The molecule has 33 heavy (non-hydrogen) atoms. The van der Waals surface area contributed by atoms with Crippen molar-refractivity contribution in [2.75, 3.05) is 13.1 Å². The van der Waals surface area contributed by atoms with Crippen LogP contribution in [0.2, 0.25) is 0 Å². The Balaban J connectivity index is 1.48. The molecule has 1 saturated heterocycles. The summed E-state index contributed by atoms with van der Waals surface area (Å²) in [5.41, 5.74) is 0. The summed E-state index contributed by atoms with van der Waals surface area (Å²) in [6.07, 6.45) is -2.64. The molecule has 1 heterocycles. The van der Waals surface area contributed by atoms with Crippen molar-refractivity contribution in [2.45, 2.75) is 47.7 Å².